The molecule has 1 aromatic rings. The number of aromatic nitrogens is 2. The van der Waals surface area contributed by atoms with Crippen LogP contribution >= 0.6 is 11.8 Å². The predicted molar refractivity (Wildman–Crippen MR) is 60.4 cm³/mol. The zero-order chi connectivity index (χ0) is 11.3. The number of hydrogen-bond donors (Lipinski definition) is 1. The lowest BCUT2D eigenvalue weighted by Gasteiger charge is -2.03. The molecule has 1 aromatic heterocycles. The van der Waals surface area contributed by atoms with Crippen molar-refractivity contribution in [2.75, 3.05) is 17.8 Å². The smallest absolute Gasteiger partial charge is 0.148 e. The summed E-state index contributed by atoms with van der Waals surface area (Å²) in [5, 5.41) is 8.35. The largest absolute Gasteiger partial charge is 0.326 e. The predicted octanol–water partition coefficient (Wildman–Crippen LogP) is 0.0720. The molecule has 2 N–H and O–H groups in total. The number of nitrogens with two attached hydrogens (primary N) is 1. The molecule has 5 nitrogen and oxygen atoms in total. The summed E-state index contributed by atoms with van der Waals surface area (Å²) in [7, 11) is -2.91. The molecule has 0 bridgehead atoms. The van der Waals surface area contributed by atoms with Gasteiger partial charge >= 0.3 is 0 Å². The van der Waals surface area contributed by atoms with Gasteiger partial charge in [-0.1, -0.05) is 0 Å². The van der Waals surface area contributed by atoms with Gasteiger partial charge in [0.15, 0.2) is 0 Å². The van der Waals surface area contributed by atoms with Gasteiger partial charge in [-0.15, -0.1) is 16.9 Å². The normalized spacial score (nSPS) is 11.6. The van der Waals surface area contributed by atoms with E-state index in [-0.39, 0.29) is 5.75 Å². The van der Waals surface area contributed by atoms with Gasteiger partial charge in [-0.2, -0.15) is 5.10 Å². The van der Waals surface area contributed by atoms with Crippen molar-refractivity contribution in [1.82, 2.24) is 10.2 Å². The molecule has 1 rings (SSSR count). The van der Waals surface area contributed by atoms with E-state index in [4.69, 9.17) is 5.73 Å². The molecule has 0 aliphatic heterocycles. The summed E-state index contributed by atoms with van der Waals surface area (Å²) >= 11 is 1.37. The third-order valence-corrected chi connectivity index (χ3v) is 3.91. The van der Waals surface area contributed by atoms with E-state index < -0.39 is 9.84 Å². The monoisotopic (exact) mass is 247 g/mol. The van der Waals surface area contributed by atoms with Gasteiger partial charge < -0.3 is 5.73 Å². The number of hydrogen-bond acceptors (Lipinski definition) is 6. The first kappa shape index (κ1) is 12.4. The fraction of sp³-hybridized carbons (Fsp3) is 0.500. The highest BCUT2D eigenvalue weighted by molar-refractivity contribution is 8.00. The second-order valence-electron chi connectivity index (χ2n) is 3.04. The first-order valence-corrected chi connectivity index (χ1v) is 7.38. The van der Waals surface area contributed by atoms with Crippen molar-refractivity contribution in [2.24, 2.45) is 5.73 Å². The third-order valence-electron chi connectivity index (χ3n) is 1.68. The van der Waals surface area contributed by atoms with Crippen molar-refractivity contribution < 1.29 is 8.42 Å². The third kappa shape index (κ3) is 4.59. The average molecular weight is 247 g/mol. The van der Waals surface area contributed by atoms with Crippen LogP contribution in [0, 0.1) is 0 Å². The maximum Gasteiger partial charge on any atom is 0.148 e. The van der Waals surface area contributed by atoms with Crippen LogP contribution in [0.1, 0.15) is 5.56 Å². The van der Waals surface area contributed by atoms with Crippen molar-refractivity contribution in [3.8, 4) is 0 Å². The zero-order valence-corrected chi connectivity index (χ0v) is 10.0. The van der Waals surface area contributed by atoms with E-state index in [2.05, 4.69) is 10.2 Å². The van der Waals surface area contributed by atoms with E-state index in [1.165, 1.54) is 18.0 Å². The summed E-state index contributed by atoms with van der Waals surface area (Å²) in [5.74, 6) is 0.614. The molecule has 15 heavy (non-hydrogen) atoms. The maximum atomic E-state index is 10.9. The second-order valence-corrected chi connectivity index (χ2v) is 6.39. The Kier molecular flexibility index (Phi) is 4.49. The summed E-state index contributed by atoms with van der Waals surface area (Å²) in [6, 6.07) is 1.79. The Morgan fingerprint density at radius 1 is 1.53 bits per heavy atom. The standard InChI is InChI=1S/C8H13N3O2S2/c1-15(12,13)5-4-14-8-7(6-9)2-3-10-11-8/h2-3H,4-6,9H2,1H3. The molecule has 0 spiro atoms. The Morgan fingerprint density at radius 3 is 2.87 bits per heavy atom. The number of thioether (sulfide) groups is 1. The minimum Gasteiger partial charge on any atom is -0.326 e. The fourth-order valence-electron chi connectivity index (χ4n) is 0.911. The topological polar surface area (TPSA) is 85.9 Å². The molecule has 0 radical (unpaired) electrons. The molecule has 0 fully saturated rings. The van der Waals surface area contributed by atoms with E-state index in [0.29, 0.717) is 17.3 Å². The van der Waals surface area contributed by atoms with Crippen LogP contribution in [0.4, 0.5) is 0 Å². The van der Waals surface area contributed by atoms with Crippen LogP contribution in [0.25, 0.3) is 0 Å². The van der Waals surface area contributed by atoms with Crippen molar-refractivity contribution in [3.05, 3.63) is 17.8 Å². The maximum absolute atomic E-state index is 10.9. The molecule has 0 unspecified atom stereocenters. The van der Waals surface area contributed by atoms with Crippen LogP contribution in [0.5, 0.6) is 0 Å². The van der Waals surface area contributed by atoms with E-state index in [9.17, 15) is 8.42 Å². The molecular formula is C8H13N3O2S2. The Hall–Kier alpha value is -0.660. The summed E-state index contributed by atoms with van der Waals surface area (Å²) in [6.45, 7) is 0.386. The highest BCUT2D eigenvalue weighted by Gasteiger charge is 2.06. The minimum atomic E-state index is -2.91. The van der Waals surface area contributed by atoms with Gasteiger partial charge in [-0.05, 0) is 6.07 Å². The van der Waals surface area contributed by atoms with Crippen LogP contribution in [-0.2, 0) is 16.4 Å². The quantitative estimate of drug-likeness (QED) is 0.741. The molecule has 0 atom stereocenters. The first-order valence-electron chi connectivity index (χ1n) is 4.34. The summed E-state index contributed by atoms with van der Waals surface area (Å²) in [4.78, 5) is 0. The summed E-state index contributed by atoms with van der Waals surface area (Å²) in [5.41, 5.74) is 6.40. The Balaban J connectivity index is 2.58. The highest BCUT2D eigenvalue weighted by atomic mass is 32.2. The molecule has 84 valence electrons. The van der Waals surface area contributed by atoms with Gasteiger partial charge in [0.2, 0.25) is 0 Å². The Labute approximate surface area is 93.4 Å². The number of rotatable bonds is 5. The van der Waals surface area contributed by atoms with Crippen molar-refractivity contribution in [1.29, 1.82) is 0 Å². The van der Waals surface area contributed by atoms with Crippen LogP contribution in [-0.4, -0.2) is 36.4 Å². The minimum absolute atomic E-state index is 0.137. The van der Waals surface area contributed by atoms with Crippen LogP contribution < -0.4 is 5.73 Å². The van der Waals surface area contributed by atoms with E-state index in [0.717, 1.165) is 5.56 Å². The zero-order valence-electron chi connectivity index (χ0n) is 8.38. The van der Waals surface area contributed by atoms with Crippen molar-refractivity contribution >= 4 is 21.6 Å². The van der Waals surface area contributed by atoms with Crippen molar-refractivity contribution in [2.45, 2.75) is 11.6 Å². The van der Waals surface area contributed by atoms with Crippen molar-refractivity contribution in [3.63, 3.8) is 0 Å². The lowest BCUT2D eigenvalue weighted by Crippen LogP contribution is -2.06. The van der Waals surface area contributed by atoms with Gasteiger partial charge in [0.25, 0.3) is 0 Å². The lowest BCUT2D eigenvalue weighted by atomic mass is 10.3. The fourth-order valence-corrected chi connectivity index (χ4v) is 3.09. The SMILES string of the molecule is CS(=O)(=O)CCSc1nnccc1CN. The number of sulfone groups is 1. The van der Waals surface area contributed by atoms with Crippen LogP contribution in [0.2, 0.25) is 0 Å². The molecule has 1 heterocycles. The van der Waals surface area contributed by atoms with Crippen LogP contribution in [0.15, 0.2) is 17.3 Å². The lowest BCUT2D eigenvalue weighted by molar-refractivity contribution is 0.603. The van der Waals surface area contributed by atoms with Gasteiger partial charge in [0, 0.05) is 30.3 Å². The second kappa shape index (κ2) is 5.43. The van der Waals surface area contributed by atoms with Gasteiger partial charge in [0.1, 0.15) is 14.9 Å². The molecular weight excluding hydrogens is 234 g/mol. The summed E-state index contributed by atoms with van der Waals surface area (Å²) in [6.07, 6.45) is 2.79. The molecule has 0 amide bonds. The Bertz CT molecular complexity index is 420. The highest BCUT2D eigenvalue weighted by Crippen LogP contribution is 2.18. The van der Waals surface area contributed by atoms with Gasteiger partial charge in [-0.3, -0.25) is 0 Å². The number of nitrogens with zero attached hydrogens (tertiary/aromatic N) is 2. The molecule has 0 aromatic carbocycles. The van der Waals surface area contributed by atoms with E-state index in [1.807, 2.05) is 0 Å². The van der Waals surface area contributed by atoms with E-state index >= 15 is 0 Å². The molecule has 0 aliphatic rings. The molecule has 0 aliphatic carbocycles. The molecule has 0 saturated heterocycles. The molecule has 7 heteroatoms. The van der Waals surface area contributed by atoms with E-state index in [1.54, 1.807) is 12.3 Å². The first-order chi connectivity index (χ1) is 7.03. The molecule has 0 saturated carbocycles. The Morgan fingerprint density at radius 2 is 2.27 bits per heavy atom. The summed E-state index contributed by atoms with van der Waals surface area (Å²) < 4.78 is 21.8. The van der Waals surface area contributed by atoms with Gasteiger partial charge in [-0.25, -0.2) is 8.42 Å². The van der Waals surface area contributed by atoms with Crippen LogP contribution in [0.3, 0.4) is 0 Å². The average Bonchev–Trinajstić information content (AvgIpc) is 2.16. The van der Waals surface area contributed by atoms with Gasteiger partial charge in [0.05, 0.1) is 5.75 Å².